The number of carbonyl (C=O) groups excluding carboxylic acids is 1. The third-order valence-corrected chi connectivity index (χ3v) is 7.81. The fourth-order valence-electron chi connectivity index (χ4n) is 6.92. The van der Waals surface area contributed by atoms with Crippen LogP contribution in [0.2, 0.25) is 0 Å². The number of carbonyl (C=O) groups is 1. The van der Waals surface area contributed by atoms with Gasteiger partial charge in [0.15, 0.2) is 5.69 Å². The van der Waals surface area contributed by atoms with E-state index in [1.54, 1.807) is 0 Å². The van der Waals surface area contributed by atoms with E-state index in [4.69, 9.17) is 9.47 Å². The zero-order valence-corrected chi connectivity index (χ0v) is 17.1. The number of rotatable bonds is 5. The highest BCUT2D eigenvalue weighted by atomic mass is 16.5. The molecule has 1 aromatic heterocycles. The Labute approximate surface area is 167 Å². The monoisotopic (exact) mass is 387 g/mol. The van der Waals surface area contributed by atoms with Crippen LogP contribution in [-0.2, 0) is 16.1 Å². The second-order valence-corrected chi connectivity index (χ2v) is 9.86. The quantitative estimate of drug-likeness (QED) is 0.552. The Morgan fingerprint density at radius 3 is 2.21 bits per heavy atom. The molecule has 1 heterocycles. The van der Waals surface area contributed by atoms with E-state index in [2.05, 4.69) is 10.3 Å². The molecule has 0 radical (unpaired) electrons. The summed E-state index contributed by atoms with van der Waals surface area (Å²) < 4.78 is 13.5. The maximum Gasteiger partial charge on any atom is 0.358 e. The number of hydrogen-bond donors (Lipinski definition) is 0. The molecule has 0 aromatic carbocycles. The van der Waals surface area contributed by atoms with E-state index >= 15 is 0 Å². The Morgan fingerprint density at radius 2 is 1.64 bits per heavy atom. The van der Waals surface area contributed by atoms with E-state index < -0.39 is 0 Å². The van der Waals surface area contributed by atoms with Gasteiger partial charge in [-0.1, -0.05) is 30.9 Å². The molecule has 0 atom stereocenters. The Bertz CT molecular complexity index is 685. The summed E-state index contributed by atoms with van der Waals surface area (Å²) in [6, 6.07) is 0.248. The number of nitrogens with zero attached hydrogens (tertiary/aromatic N) is 3. The zero-order chi connectivity index (χ0) is 19.1. The van der Waals surface area contributed by atoms with Gasteiger partial charge in [-0.2, -0.15) is 0 Å². The minimum Gasteiger partial charge on any atom is -0.464 e. The summed E-state index contributed by atoms with van der Waals surface area (Å²) >= 11 is 0. The van der Waals surface area contributed by atoms with Crippen LogP contribution in [0, 0.1) is 17.8 Å². The van der Waals surface area contributed by atoms with E-state index in [1.807, 2.05) is 4.68 Å². The number of methoxy groups -OCH3 is 1. The van der Waals surface area contributed by atoms with Crippen LogP contribution in [0.15, 0.2) is 0 Å². The summed E-state index contributed by atoms with van der Waals surface area (Å²) in [7, 11) is 1.44. The third-order valence-electron chi connectivity index (χ3n) is 7.81. The van der Waals surface area contributed by atoms with E-state index in [0.29, 0.717) is 18.0 Å². The van der Waals surface area contributed by atoms with Crippen molar-refractivity contribution in [2.45, 2.75) is 95.3 Å². The molecule has 154 valence electrons. The van der Waals surface area contributed by atoms with Crippen LogP contribution in [0.25, 0.3) is 0 Å². The highest BCUT2D eigenvalue weighted by Crippen LogP contribution is 2.57. The molecule has 0 spiro atoms. The number of hydrogen-bond acceptors (Lipinski definition) is 5. The summed E-state index contributed by atoms with van der Waals surface area (Å²) in [5.74, 6) is 2.19. The van der Waals surface area contributed by atoms with Gasteiger partial charge >= 0.3 is 5.97 Å². The summed E-state index contributed by atoms with van der Waals surface area (Å²) in [6.45, 7) is 0.378. The average Bonchev–Trinajstić information content (AvgIpc) is 2.90. The van der Waals surface area contributed by atoms with Crippen LogP contribution >= 0.6 is 0 Å². The maximum absolute atomic E-state index is 12.6. The van der Waals surface area contributed by atoms with E-state index in [1.165, 1.54) is 71.3 Å². The molecule has 1 aromatic rings. The molecule has 6 rings (SSSR count). The van der Waals surface area contributed by atoms with Gasteiger partial charge in [-0.25, -0.2) is 9.48 Å². The van der Waals surface area contributed by atoms with Crippen LogP contribution in [0.1, 0.15) is 99.3 Å². The Kier molecular flexibility index (Phi) is 4.93. The molecule has 4 bridgehead atoms. The Balaban J connectivity index is 1.35. The molecule has 6 nitrogen and oxygen atoms in total. The number of aromatic nitrogens is 3. The van der Waals surface area contributed by atoms with E-state index in [9.17, 15) is 4.79 Å². The van der Waals surface area contributed by atoms with Crippen LogP contribution in [-0.4, -0.2) is 33.7 Å². The van der Waals surface area contributed by atoms with Crippen molar-refractivity contribution in [2.24, 2.45) is 17.8 Å². The van der Waals surface area contributed by atoms with E-state index in [-0.39, 0.29) is 17.6 Å². The van der Waals surface area contributed by atoms with Crippen molar-refractivity contribution in [1.29, 1.82) is 0 Å². The van der Waals surface area contributed by atoms with Crippen molar-refractivity contribution >= 4 is 5.97 Å². The molecular formula is C22H33N3O3. The molecule has 0 unspecified atom stereocenters. The lowest BCUT2D eigenvalue weighted by Crippen LogP contribution is -2.51. The van der Waals surface area contributed by atoms with Gasteiger partial charge in [-0.05, 0) is 69.1 Å². The van der Waals surface area contributed by atoms with Gasteiger partial charge in [0.1, 0.15) is 5.69 Å². The molecule has 0 amide bonds. The molecule has 5 fully saturated rings. The first-order valence-electron chi connectivity index (χ1n) is 11.3. The zero-order valence-electron chi connectivity index (χ0n) is 17.1. The van der Waals surface area contributed by atoms with E-state index in [0.717, 1.165) is 30.6 Å². The normalized spacial score (nSPS) is 35.1. The van der Waals surface area contributed by atoms with Crippen molar-refractivity contribution < 1.29 is 14.3 Å². The van der Waals surface area contributed by atoms with Crippen LogP contribution < -0.4 is 0 Å². The molecular weight excluding hydrogens is 354 g/mol. The largest absolute Gasteiger partial charge is 0.464 e. The topological polar surface area (TPSA) is 66.2 Å². The predicted molar refractivity (Wildman–Crippen MR) is 104 cm³/mol. The van der Waals surface area contributed by atoms with Gasteiger partial charge in [-0.3, -0.25) is 0 Å². The van der Waals surface area contributed by atoms with Crippen LogP contribution in [0.3, 0.4) is 0 Å². The first-order chi connectivity index (χ1) is 13.7. The van der Waals surface area contributed by atoms with Crippen molar-refractivity contribution in [3.63, 3.8) is 0 Å². The minimum absolute atomic E-state index is 0.00817. The van der Waals surface area contributed by atoms with Crippen molar-refractivity contribution in [2.75, 3.05) is 7.11 Å². The smallest absolute Gasteiger partial charge is 0.358 e. The molecule has 0 saturated heterocycles. The maximum atomic E-state index is 12.6. The lowest BCUT2D eigenvalue weighted by molar-refractivity contribution is -0.169. The summed E-state index contributed by atoms with van der Waals surface area (Å²) in [5, 5.41) is 8.80. The highest BCUT2D eigenvalue weighted by molar-refractivity contribution is 5.88. The first-order valence-corrected chi connectivity index (χ1v) is 11.3. The van der Waals surface area contributed by atoms with Gasteiger partial charge < -0.3 is 9.47 Å². The summed E-state index contributed by atoms with van der Waals surface area (Å²) in [6.07, 6.45) is 14.8. The van der Waals surface area contributed by atoms with Crippen LogP contribution in [0.5, 0.6) is 0 Å². The lowest BCUT2D eigenvalue weighted by atomic mass is 9.54. The molecule has 0 aliphatic heterocycles. The second-order valence-electron chi connectivity index (χ2n) is 9.86. The molecule has 6 heteroatoms. The first kappa shape index (κ1) is 18.6. The molecule has 28 heavy (non-hydrogen) atoms. The predicted octanol–water partition coefficient (Wildman–Crippen LogP) is 4.45. The van der Waals surface area contributed by atoms with Gasteiger partial charge in [-0.15, -0.1) is 5.10 Å². The molecule has 5 aliphatic rings. The van der Waals surface area contributed by atoms with Gasteiger partial charge in [0, 0.05) is 0 Å². The third kappa shape index (κ3) is 3.38. The van der Waals surface area contributed by atoms with Crippen molar-refractivity contribution in [3.8, 4) is 0 Å². The van der Waals surface area contributed by atoms with Gasteiger partial charge in [0.05, 0.1) is 25.4 Å². The lowest BCUT2D eigenvalue weighted by Gasteiger charge is -2.56. The molecule has 5 aliphatic carbocycles. The van der Waals surface area contributed by atoms with Gasteiger partial charge in [0.2, 0.25) is 0 Å². The van der Waals surface area contributed by atoms with Crippen molar-refractivity contribution in [3.05, 3.63) is 11.4 Å². The summed E-state index contributed by atoms with van der Waals surface area (Å²) in [4.78, 5) is 12.6. The molecule has 0 N–H and O–H groups in total. The Morgan fingerprint density at radius 1 is 1.04 bits per heavy atom. The summed E-state index contributed by atoms with van der Waals surface area (Å²) in [5.41, 5.74) is 1.18. The number of esters is 1. The highest BCUT2D eigenvalue weighted by Gasteiger charge is 2.51. The van der Waals surface area contributed by atoms with Gasteiger partial charge in [0.25, 0.3) is 0 Å². The fourth-order valence-corrected chi connectivity index (χ4v) is 6.92. The SMILES string of the molecule is COC(=O)c1c(COC23CC4CC(CC(C4)C2)C3)nnn1C1CCCCCC1. The van der Waals surface area contributed by atoms with Crippen LogP contribution in [0.4, 0.5) is 0 Å². The molecule has 5 saturated carbocycles. The average molecular weight is 388 g/mol. The number of ether oxygens (including phenoxy) is 2. The minimum atomic E-state index is -0.335. The van der Waals surface area contributed by atoms with Crippen molar-refractivity contribution in [1.82, 2.24) is 15.0 Å². The second kappa shape index (κ2) is 7.43. The standard InChI is InChI=1S/C22H33N3O3/c1-27-21(26)20-19(23-24-25(20)18-6-4-2-3-5-7-18)14-28-22-11-15-8-16(12-22)10-17(9-15)13-22/h15-18H,2-14H2,1H3. The Hall–Kier alpha value is -1.43. The fraction of sp³-hybridized carbons (Fsp3) is 0.864.